The van der Waals surface area contributed by atoms with E-state index in [-0.39, 0.29) is 12.0 Å². The Morgan fingerprint density at radius 2 is 1.85 bits per heavy atom. The second-order valence-corrected chi connectivity index (χ2v) is 9.74. The molecule has 1 aromatic carbocycles. The molecule has 6 nitrogen and oxygen atoms in total. The molecule has 1 saturated carbocycles. The number of rotatable bonds is 9. The lowest BCUT2D eigenvalue weighted by Crippen LogP contribution is -2.43. The molecular weight excluding hydrogens is 414 g/mol. The summed E-state index contributed by atoms with van der Waals surface area (Å²) in [6, 6.07) is 10.4. The number of aryl methyl sites for hydroxylation is 1. The lowest BCUT2D eigenvalue weighted by Gasteiger charge is -2.33. The minimum absolute atomic E-state index is 0.127. The summed E-state index contributed by atoms with van der Waals surface area (Å²) in [5, 5.41) is 19.2. The number of aromatic nitrogens is 2. The second kappa shape index (κ2) is 11.8. The fourth-order valence-electron chi connectivity index (χ4n) is 4.86. The average Bonchev–Trinajstić information content (AvgIpc) is 2.84. The fourth-order valence-corrected chi connectivity index (χ4v) is 4.86. The van der Waals surface area contributed by atoms with Crippen LogP contribution in [0.3, 0.4) is 0 Å². The van der Waals surface area contributed by atoms with E-state index >= 15 is 0 Å². The maximum atomic E-state index is 10.4. The van der Waals surface area contributed by atoms with Gasteiger partial charge in [0, 0.05) is 24.1 Å². The first-order valence-electron chi connectivity index (χ1n) is 12.8. The summed E-state index contributed by atoms with van der Waals surface area (Å²) in [5.41, 5.74) is 3.18. The number of likely N-dealkylation sites (N-methyl/N-ethyl adjacent to an activating group) is 1. The summed E-state index contributed by atoms with van der Waals surface area (Å²) >= 11 is 0. The van der Waals surface area contributed by atoms with E-state index in [1.807, 2.05) is 13.1 Å². The van der Waals surface area contributed by atoms with Crippen LogP contribution in [-0.2, 0) is 6.42 Å². The van der Waals surface area contributed by atoms with Gasteiger partial charge in [0.1, 0.15) is 5.75 Å². The second-order valence-electron chi connectivity index (χ2n) is 9.74. The number of hydrogen-bond donors (Lipinski definition) is 1. The average molecular weight is 454 g/mol. The molecule has 1 N–H and O–H groups in total. The highest BCUT2D eigenvalue weighted by Crippen LogP contribution is 2.30. The molecule has 4 rings (SSSR count). The smallest absolute Gasteiger partial charge is 0.234 e. The van der Waals surface area contributed by atoms with Gasteiger partial charge >= 0.3 is 0 Å². The molecule has 0 amide bonds. The first-order valence-corrected chi connectivity index (χ1v) is 12.8. The van der Waals surface area contributed by atoms with Gasteiger partial charge in [-0.15, -0.1) is 5.10 Å². The molecule has 1 aliphatic carbocycles. The van der Waals surface area contributed by atoms with Crippen molar-refractivity contribution in [2.75, 3.05) is 26.7 Å². The minimum Gasteiger partial charge on any atom is -0.490 e. The van der Waals surface area contributed by atoms with Gasteiger partial charge in [0.05, 0.1) is 24.5 Å². The van der Waals surface area contributed by atoms with Crippen molar-refractivity contribution in [1.29, 1.82) is 0 Å². The van der Waals surface area contributed by atoms with Crippen LogP contribution in [0.2, 0.25) is 0 Å². The molecule has 2 heterocycles. The maximum absolute atomic E-state index is 10.4. The SMILES string of the molecule is CCCCc1nnc(OC[C@H]2CCN(C)C[C@H]2O)cc1-c1ccc(OC2CCCCC2)cc1. The van der Waals surface area contributed by atoms with Crippen molar-refractivity contribution in [3.63, 3.8) is 0 Å². The Hall–Kier alpha value is -2.18. The van der Waals surface area contributed by atoms with E-state index in [0.717, 1.165) is 67.6 Å². The van der Waals surface area contributed by atoms with Crippen molar-refractivity contribution in [3.8, 4) is 22.8 Å². The van der Waals surface area contributed by atoms with E-state index < -0.39 is 0 Å². The van der Waals surface area contributed by atoms with Crippen molar-refractivity contribution in [3.05, 3.63) is 36.0 Å². The predicted octanol–water partition coefficient (Wildman–Crippen LogP) is 4.89. The van der Waals surface area contributed by atoms with Crippen LogP contribution in [0.25, 0.3) is 11.1 Å². The van der Waals surface area contributed by atoms with Gasteiger partial charge in [0.2, 0.25) is 5.88 Å². The number of piperidine rings is 1. The molecule has 2 aromatic rings. The summed E-state index contributed by atoms with van der Waals surface area (Å²) < 4.78 is 12.2. The zero-order chi connectivity index (χ0) is 23.0. The van der Waals surface area contributed by atoms with Crippen LogP contribution < -0.4 is 9.47 Å². The van der Waals surface area contributed by atoms with E-state index in [4.69, 9.17) is 9.47 Å². The quantitative estimate of drug-likeness (QED) is 0.583. The van der Waals surface area contributed by atoms with Crippen LogP contribution >= 0.6 is 0 Å². The van der Waals surface area contributed by atoms with Crippen molar-refractivity contribution in [1.82, 2.24) is 15.1 Å². The maximum Gasteiger partial charge on any atom is 0.234 e. The number of β-amino-alcohol motifs (C(OH)–C–C–N with tert-alkyl or cyclic N) is 1. The van der Waals surface area contributed by atoms with E-state index in [1.54, 1.807) is 0 Å². The first kappa shape index (κ1) is 24.0. The highest BCUT2D eigenvalue weighted by atomic mass is 16.5. The number of aliphatic hydroxyl groups is 1. The van der Waals surface area contributed by atoms with Gasteiger partial charge < -0.3 is 19.5 Å². The summed E-state index contributed by atoms with van der Waals surface area (Å²) in [7, 11) is 2.04. The number of hydrogen-bond acceptors (Lipinski definition) is 6. The van der Waals surface area contributed by atoms with Gasteiger partial charge in [-0.1, -0.05) is 31.9 Å². The Morgan fingerprint density at radius 1 is 1.06 bits per heavy atom. The summed E-state index contributed by atoms with van der Waals surface area (Å²) in [5.74, 6) is 1.59. The molecule has 0 radical (unpaired) electrons. The van der Waals surface area contributed by atoms with Crippen molar-refractivity contribution >= 4 is 0 Å². The van der Waals surface area contributed by atoms with E-state index in [1.165, 1.54) is 19.3 Å². The highest BCUT2D eigenvalue weighted by molar-refractivity contribution is 5.67. The van der Waals surface area contributed by atoms with Crippen LogP contribution in [0.4, 0.5) is 0 Å². The van der Waals surface area contributed by atoms with Crippen LogP contribution in [0.1, 0.15) is 64.0 Å². The molecule has 2 aliphatic rings. The molecule has 1 aliphatic heterocycles. The van der Waals surface area contributed by atoms with E-state index in [2.05, 4.69) is 46.3 Å². The van der Waals surface area contributed by atoms with Crippen molar-refractivity contribution < 1.29 is 14.6 Å². The lowest BCUT2D eigenvalue weighted by molar-refractivity contribution is 0.0107. The largest absolute Gasteiger partial charge is 0.490 e. The van der Waals surface area contributed by atoms with Gasteiger partial charge in [-0.25, -0.2) is 0 Å². The standard InChI is InChI=1S/C27H39N3O3/c1-3-4-10-25-24(20-11-13-23(14-12-20)33-22-8-6-5-7-9-22)17-27(29-28-25)32-19-21-15-16-30(2)18-26(21)31/h11-14,17,21-22,26,31H,3-10,15-16,18-19H2,1-2H3/t21-,26-/m1/s1. The molecule has 0 bridgehead atoms. The molecule has 6 heteroatoms. The number of aliphatic hydroxyl groups excluding tert-OH is 1. The van der Waals surface area contributed by atoms with Crippen molar-refractivity contribution in [2.45, 2.75) is 76.9 Å². The van der Waals surface area contributed by atoms with Crippen LogP contribution in [0.5, 0.6) is 11.6 Å². The number of unbranched alkanes of at least 4 members (excludes halogenated alkanes) is 1. The zero-order valence-electron chi connectivity index (χ0n) is 20.2. The molecule has 1 saturated heterocycles. The monoisotopic (exact) mass is 453 g/mol. The minimum atomic E-state index is -0.364. The fraction of sp³-hybridized carbons (Fsp3) is 0.630. The predicted molar refractivity (Wildman–Crippen MR) is 131 cm³/mol. The third-order valence-corrected chi connectivity index (χ3v) is 7.01. The molecule has 1 aromatic heterocycles. The molecule has 0 spiro atoms. The Labute approximate surface area is 198 Å². The Morgan fingerprint density at radius 3 is 2.58 bits per heavy atom. The lowest BCUT2D eigenvalue weighted by atomic mass is 9.95. The third kappa shape index (κ3) is 6.67. The first-order chi connectivity index (χ1) is 16.1. The van der Waals surface area contributed by atoms with Crippen LogP contribution in [0.15, 0.2) is 30.3 Å². The van der Waals surface area contributed by atoms with E-state index in [0.29, 0.717) is 25.1 Å². The molecular formula is C27H39N3O3. The Kier molecular flexibility index (Phi) is 8.57. The van der Waals surface area contributed by atoms with Crippen LogP contribution in [-0.4, -0.2) is 59.2 Å². The van der Waals surface area contributed by atoms with Gasteiger partial charge in [-0.05, 0) is 76.2 Å². The van der Waals surface area contributed by atoms with Gasteiger partial charge in [0.25, 0.3) is 0 Å². The topological polar surface area (TPSA) is 67.7 Å². The molecule has 33 heavy (non-hydrogen) atoms. The van der Waals surface area contributed by atoms with Crippen molar-refractivity contribution in [2.24, 2.45) is 5.92 Å². The molecule has 2 fully saturated rings. The van der Waals surface area contributed by atoms with E-state index in [9.17, 15) is 5.11 Å². The summed E-state index contributed by atoms with van der Waals surface area (Å²) in [4.78, 5) is 2.16. The zero-order valence-corrected chi connectivity index (χ0v) is 20.2. The normalized spacial score (nSPS) is 22.3. The summed E-state index contributed by atoms with van der Waals surface area (Å²) in [6.45, 7) is 4.32. The van der Waals surface area contributed by atoms with Crippen LogP contribution in [0, 0.1) is 5.92 Å². The number of nitrogens with zero attached hydrogens (tertiary/aromatic N) is 3. The number of likely N-dealkylation sites (tertiary alicyclic amines) is 1. The number of benzene rings is 1. The Balaban J connectivity index is 1.46. The molecule has 180 valence electrons. The molecule has 0 unspecified atom stereocenters. The molecule has 2 atom stereocenters. The third-order valence-electron chi connectivity index (χ3n) is 7.01. The number of ether oxygens (including phenoxy) is 2. The summed E-state index contributed by atoms with van der Waals surface area (Å²) in [6.07, 6.45) is 10.2. The highest BCUT2D eigenvalue weighted by Gasteiger charge is 2.26. The Bertz CT molecular complexity index is 867. The van der Waals surface area contributed by atoms with Gasteiger partial charge in [0.15, 0.2) is 0 Å². The van der Waals surface area contributed by atoms with Gasteiger partial charge in [-0.3, -0.25) is 0 Å². The van der Waals surface area contributed by atoms with Gasteiger partial charge in [-0.2, -0.15) is 5.10 Å².